The van der Waals surface area contributed by atoms with Gasteiger partial charge in [0.25, 0.3) is 0 Å². The number of amides is 2. The van der Waals surface area contributed by atoms with Gasteiger partial charge >= 0.3 is 0 Å². The number of likely N-dealkylation sites (tertiary alicyclic amines) is 1. The molecule has 7 nitrogen and oxygen atoms in total. The van der Waals surface area contributed by atoms with Crippen molar-refractivity contribution in [3.05, 3.63) is 30.3 Å². The SMILES string of the molecule is CC[C@@H](C(=O)N1CCC(C(N)=O)CC1)N(c1ccccc1)S(C)(=O)=O. The van der Waals surface area contributed by atoms with Gasteiger partial charge in [0, 0.05) is 19.0 Å². The fourth-order valence-corrected chi connectivity index (χ4v) is 4.42. The van der Waals surface area contributed by atoms with Crippen LogP contribution in [0.4, 0.5) is 5.69 Å². The van der Waals surface area contributed by atoms with Crippen molar-refractivity contribution >= 4 is 27.5 Å². The molecule has 0 bridgehead atoms. The molecule has 0 saturated carbocycles. The fourth-order valence-electron chi connectivity index (χ4n) is 3.21. The maximum Gasteiger partial charge on any atom is 0.246 e. The van der Waals surface area contributed by atoms with Crippen LogP contribution in [0, 0.1) is 5.92 Å². The van der Waals surface area contributed by atoms with E-state index in [1.807, 2.05) is 0 Å². The van der Waals surface area contributed by atoms with Crippen molar-refractivity contribution in [1.82, 2.24) is 4.90 Å². The molecule has 0 aromatic heterocycles. The number of nitrogens with two attached hydrogens (primary N) is 1. The highest BCUT2D eigenvalue weighted by molar-refractivity contribution is 7.92. The molecular weight excluding hydrogens is 342 g/mol. The van der Waals surface area contributed by atoms with Gasteiger partial charge in [0.1, 0.15) is 6.04 Å². The van der Waals surface area contributed by atoms with E-state index in [0.717, 1.165) is 6.26 Å². The van der Waals surface area contributed by atoms with Crippen molar-refractivity contribution in [3.63, 3.8) is 0 Å². The zero-order valence-corrected chi connectivity index (χ0v) is 15.4. The van der Waals surface area contributed by atoms with Crippen molar-refractivity contribution in [2.45, 2.75) is 32.2 Å². The quantitative estimate of drug-likeness (QED) is 0.809. The van der Waals surface area contributed by atoms with E-state index in [2.05, 4.69) is 0 Å². The Morgan fingerprint density at radius 1 is 1.24 bits per heavy atom. The largest absolute Gasteiger partial charge is 0.369 e. The van der Waals surface area contributed by atoms with Gasteiger partial charge < -0.3 is 10.6 Å². The molecule has 1 fully saturated rings. The van der Waals surface area contributed by atoms with Gasteiger partial charge in [-0.15, -0.1) is 0 Å². The Kier molecular flexibility index (Phi) is 6.05. The summed E-state index contributed by atoms with van der Waals surface area (Å²) < 4.78 is 25.9. The average molecular weight is 367 g/mol. The molecule has 0 radical (unpaired) electrons. The number of primary amides is 1. The lowest BCUT2D eigenvalue weighted by Crippen LogP contribution is -2.53. The minimum atomic E-state index is -3.63. The molecule has 2 N–H and O–H groups in total. The highest BCUT2D eigenvalue weighted by atomic mass is 32.2. The number of carbonyl (C=O) groups is 2. The topological polar surface area (TPSA) is 101 Å². The van der Waals surface area contributed by atoms with Crippen LogP contribution in [0.25, 0.3) is 0 Å². The first kappa shape index (κ1) is 19.2. The molecule has 25 heavy (non-hydrogen) atoms. The highest BCUT2D eigenvalue weighted by Crippen LogP contribution is 2.25. The van der Waals surface area contributed by atoms with Crippen molar-refractivity contribution in [2.24, 2.45) is 11.7 Å². The molecule has 138 valence electrons. The van der Waals surface area contributed by atoms with Crippen LogP contribution in [0.2, 0.25) is 0 Å². The summed E-state index contributed by atoms with van der Waals surface area (Å²) in [6, 6.07) is 7.82. The lowest BCUT2D eigenvalue weighted by molar-refractivity contribution is -0.135. The molecule has 1 atom stereocenters. The number of piperidine rings is 1. The highest BCUT2D eigenvalue weighted by Gasteiger charge is 2.36. The van der Waals surface area contributed by atoms with Gasteiger partial charge in [0.05, 0.1) is 11.9 Å². The zero-order chi connectivity index (χ0) is 18.6. The van der Waals surface area contributed by atoms with Gasteiger partial charge in [0.2, 0.25) is 21.8 Å². The number of carbonyl (C=O) groups excluding carboxylic acids is 2. The molecule has 0 unspecified atom stereocenters. The molecule has 0 spiro atoms. The van der Waals surface area contributed by atoms with E-state index in [-0.39, 0.29) is 17.7 Å². The first-order chi connectivity index (χ1) is 11.8. The number of rotatable bonds is 6. The van der Waals surface area contributed by atoms with Crippen molar-refractivity contribution in [2.75, 3.05) is 23.7 Å². The number of hydrogen-bond acceptors (Lipinski definition) is 4. The van der Waals surface area contributed by atoms with Gasteiger partial charge in [-0.3, -0.25) is 13.9 Å². The van der Waals surface area contributed by atoms with Crippen LogP contribution in [0.5, 0.6) is 0 Å². The third-order valence-electron chi connectivity index (χ3n) is 4.53. The monoisotopic (exact) mass is 367 g/mol. The van der Waals surface area contributed by atoms with Gasteiger partial charge in [-0.2, -0.15) is 0 Å². The third-order valence-corrected chi connectivity index (χ3v) is 5.71. The number of anilines is 1. The van der Waals surface area contributed by atoms with Crippen LogP contribution >= 0.6 is 0 Å². The summed E-state index contributed by atoms with van der Waals surface area (Å²) in [5, 5.41) is 0. The molecule has 8 heteroatoms. The summed E-state index contributed by atoms with van der Waals surface area (Å²) >= 11 is 0. The zero-order valence-electron chi connectivity index (χ0n) is 14.6. The fraction of sp³-hybridized carbons (Fsp3) is 0.529. The van der Waals surface area contributed by atoms with Crippen LogP contribution in [-0.2, 0) is 19.6 Å². The summed E-state index contributed by atoms with van der Waals surface area (Å²) in [7, 11) is -3.63. The maximum absolute atomic E-state index is 13.0. The van der Waals surface area contributed by atoms with E-state index in [1.165, 1.54) is 4.31 Å². The van der Waals surface area contributed by atoms with Crippen molar-refractivity contribution in [3.8, 4) is 0 Å². The first-order valence-corrected chi connectivity index (χ1v) is 10.2. The second-order valence-corrected chi connectivity index (χ2v) is 8.18. The molecular formula is C17H25N3O4S. The molecule has 2 rings (SSSR count). The van der Waals surface area contributed by atoms with E-state index in [0.29, 0.717) is 38.0 Å². The van der Waals surface area contributed by atoms with E-state index in [4.69, 9.17) is 5.73 Å². The summed E-state index contributed by atoms with van der Waals surface area (Å²) in [5.41, 5.74) is 5.80. The van der Waals surface area contributed by atoms with E-state index in [1.54, 1.807) is 42.2 Å². The second-order valence-electron chi connectivity index (χ2n) is 6.32. The Morgan fingerprint density at radius 3 is 2.24 bits per heavy atom. The van der Waals surface area contributed by atoms with Crippen LogP contribution in [0.15, 0.2) is 30.3 Å². The van der Waals surface area contributed by atoms with Gasteiger partial charge in [-0.1, -0.05) is 25.1 Å². The minimum absolute atomic E-state index is 0.218. The van der Waals surface area contributed by atoms with Crippen molar-refractivity contribution in [1.29, 1.82) is 0 Å². The summed E-state index contributed by atoms with van der Waals surface area (Å²) in [6.45, 7) is 2.62. The molecule has 1 aliphatic heterocycles. The maximum atomic E-state index is 13.0. The smallest absolute Gasteiger partial charge is 0.246 e. The molecule has 1 saturated heterocycles. The first-order valence-electron chi connectivity index (χ1n) is 8.38. The predicted molar refractivity (Wildman–Crippen MR) is 96.3 cm³/mol. The predicted octanol–water partition coefficient (Wildman–Crippen LogP) is 0.955. The van der Waals surface area contributed by atoms with Crippen molar-refractivity contribution < 1.29 is 18.0 Å². The lowest BCUT2D eigenvalue weighted by Gasteiger charge is -2.37. The Balaban J connectivity index is 2.24. The number of sulfonamides is 1. The lowest BCUT2D eigenvalue weighted by atomic mass is 9.95. The Morgan fingerprint density at radius 2 is 1.80 bits per heavy atom. The van der Waals surface area contributed by atoms with Crippen LogP contribution in [-0.4, -0.2) is 50.5 Å². The number of para-hydroxylation sites is 1. The Hall–Kier alpha value is -2.09. The molecule has 1 aliphatic rings. The molecule has 1 heterocycles. The Bertz CT molecular complexity index is 713. The molecule has 2 amide bonds. The summed E-state index contributed by atoms with van der Waals surface area (Å²) in [6.07, 6.45) is 2.50. The van der Waals surface area contributed by atoms with Gasteiger partial charge in [0.15, 0.2) is 0 Å². The van der Waals surface area contributed by atoms with Gasteiger partial charge in [-0.25, -0.2) is 8.42 Å². The molecule has 1 aromatic rings. The number of nitrogens with zero attached hydrogens (tertiary/aromatic N) is 2. The van der Waals surface area contributed by atoms with Gasteiger partial charge in [-0.05, 0) is 31.4 Å². The third kappa shape index (κ3) is 4.50. The van der Waals surface area contributed by atoms with Crippen LogP contribution < -0.4 is 10.0 Å². The average Bonchev–Trinajstić information content (AvgIpc) is 2.58. The molecule has 1 aromatic carbocycles. The second kappa shape index (κ2) is 7.86. The van der Waals surface area contributed by atoms with E-state index < -0.39 is 16.1 Å². The van der Waals surface area contributed by atoms with Crippen LogP contribution in [0.1, 0.15) is 26.2 Å². The summed E-state index contributed by atoms with van der Waals surface area (Å²) in [5.74, 6) is -0.801. The van der Waals surface area contributed by atoms with E-state index in [9.17, 15) is 18.0 Å². The normalized spacial score (nSPS) is 17.1. The van der Waals surface area contributed by atoms with E-state index >= 15 is 0 Å². The number of benzene rings is 1. The molecule has 0 aliphatic carbocycles. The summed E-state index contributed by atoms with van der Waals surface area (Å²) in [4.78, 5) is 25.9. The minimum Gasteiger partial charge on any atom is -0.369 e. The standard InChI is InChI=1S/C17H25N3O4S/c1-3-15(17(22)19-11-9-13(10-12-19)16(18)21)20(25(2,23)24)14-7-5-4-6-8-14/h4-8,13,15H,3,9-12H2,1-2H3,(H2,18,21)/t15-/m0/s1. The Labute approximate surface area is 148 Å². The van der Waals surface area contributed by atoms with Crippen LogP contribution in [0.3, 0.4) is 0 Å². The number of hydrogen-bond donors (Lipinski definition) is 1.